The predicted octanol–water partition coefficient (Wildman–Crippen LogP) is 3.89. The summed E-state index contributed by atoms with van der Waals surface area (Å²) in [5.41, 5.74) is 1.04. The zero-order valence-electron chi connectivity index (χ0n) is 16.9. The second kappa shape index (κ2) is 9.56. The molecular weight excluding hydrogens is 294 g/mol. The molecule has 1 aromatic carbocycles. The van der Waals surface area contributed by atoms with Crippen molar-refractivity contribution in [2.45, 2.75) is 78.1 Å². The molecule has 0 aliphatic heterocycles. The number of hydrogen-bond acceptors (Lipinski definition) is 2. The van der Waals surface area contributed by atoms with Crippen molar-refractivity contribution in [1.82, 2.24) is 0 Å². The van der Waals surface area contributed by atoms with Gasteiger partial charge in [-0.3, -0.25) is 0 Å². The summed E-state index contributed by atoms with van der Waals surface area (Å²) in [6.45, 7) is 14.1. The number of ether oxygens (including phenoxy) is 1. The monoisotopic (exact) mass is 330 g/mol. The summed E-state index contributed by atoms with van der Waals surface area (Å²) in [6.07, 6.45) is 5.01. The minimum atomic E-state index is -0.157. The first kappa shape index (κ1) is 21.2. The summed E-state index contributed by atoms with van der Waals surface area (Å²) in [5.74, 6) is 1.63. The molecule has 4 heteroatoms. The lowest BCUT2D eigenvalue weighted by molar-refractivity contribution is 0.0767. The van der Waals surface area contributed by atoms with E-state index in [1.807, 2.05) is 0 Å². The highest BCUT2D eigenvalue weighted by Gasteiger charge is 2.33. The molecule has 0 aliphatic carbocycles. The van der Waals surface area contributed by atoms with Crippen LogP contribution in [0.2, 0.25) is 5.31 Å². The largest absolute Gasteiger partial charge is 0.493 e. The van der Waals surface area contributed by atoms with Crippen LogP contribution in [-0.2, 0) is 4.65 Å². The van der Waals surface area contributed by atoms with Gasteiger partial charge in [-0.15, -0.1) is 0 Å². The molecule has 1 atom stereocenters. The molecule has 2 nitrogen and oxygen atoms in total. The Bertz CT molecular complexity index is 464. The fourth-order valence-corrected chi connectivity index (χ4v) is 2.27. The molecule has 0 bridgehead atoms. The van der Waals surface area contributed by atoms with Crippen LogP contribution in [0.1, 0.15) is 67.2 Å². The molecule has 1 unspecified atom stereocenters. The highest BCUT2D eigenvalue weighted by Crippen LogP contribution is 2.36. The lowest BCUT2D eigenvalue weighted by atomic mass is 9.61. The quantitative estimate of drug-likeness (QED) is 0.573. The van der Waals surface area contributed by atoms with Crippen LogP contribution in [0.15, 0.2) is 24.3 Å². The molecule has 0 heterocycles. The van der Waals surface area contributed by atoms with Gasteiger partial charge < -0.3 is 9.39 Å². The first-order chi connectivity index (χ1) is 11.2. The Morgan fingerprint density at radius 2 is 1.71 bits per heavy atom. The maximum absolute atomic E-state index is 6.14. The average Bonchev–Trinajstić information content (AvgIpc) is 2.53. The van der Waals surface area contributed by atoms with Gasteiger partial charge in [0.25, 0.3) is 0 Å². The molecule has 0 N–H and O–H groups in total. The van der Waals surface area contributed by atoms with Crippen LogP contribution in [0.4, 0.5) is 0 Å². The summed E-state index contributed by atoms with van der Waals surface area (Å²) in [5, 5.41) is 0.115. The summed E-state index contributed by atoms with van der Waals surface area (Å²) >= 11 is 0. The van der Waals surface area contributed by atoms with E-state index in [9.17, 15) is 0 Å². The predicted molar refractivity (Wildman–Crippen MR) is 110 cm³/mol. The van der Waals surface area contributed by atoms with E-state index < -0.39 is 0 Å². The first-order valence-corrected chi connectivity index (χ1v) is 9.55. The maximum Gasteiger partial charge on any atom is 0.309 e. The van der Waals surface area contributed by atoms with E-state index in [4.69, 9.17) is 9.39 Å². The van der Waals surface area contributed by atoms with Gasteiger partial charge in [0.1, 0.15) is 13.6 Å². The Kier molecular flexibility index (Phi) is 8.42. The van der Waals surface area contributed by atoms with Crippen molar-refractivity contribution in [2.75, 3.05) is 6.61 Å². The Morgan fingerprint density at radius 3 is 2.21 bits per heavy atom. The normalized spacial score (nSPS) is 13.6. The summed E-state index contributed by atoms with van der Waals surface area (Å²) < 4.78 is 12.1. The average molecular weight is 330 g/mol. The Labute approximate surface area is 151 Å². The Morgan fingerprint density at radius 1 is 1.08 bits per heavy atom. The highest BCUT2D eigenvalue weighted by molar-refractivity contribution is 6.47. The zero-order chi connectivity index (χ0) is 18.2. The molecule has 0 aromatic heterocycles. The molecule has 0 saturated carbocycles. The molecule has 0 amide bonds. The SMILES string of the molecule is BC(C)(C)C(C)(C)OBc1ccc(OCC(CC)CCCC)cc1. The minimum absolute atomic E-state index is 0.115. The van der Waals surface area contributed by atoms with Crippen LogP contribution in [0, 0.1) is 5.92 Å². The van der Waals surface area contributed by atoms with Gasteiger partial charge in [0.15, 0.2) is 0 Å². The van der Waals surface area contributed by atoms with Gasteiger partial charge in [-0.25, -0.2) is 0 Å². The van der Waals surface area contributed by atoms with Gasteiger partial charge in [0.05, 0.1) is 6.61 Å². The molecule has 24 heavy (non-hydrogen) atoms. The smallest absolute Gasteiger partial charge is 0.309 e. The molecule has 1 aromatic rings. The van der Waals surface area contributed by atoms with Gasteiger partial charge in [0, 0.05) is 5.60 Å². The van der Waals surface area contributed by atoms with Gasteiger partial charge in [-0.2, -0.15) is 0 Å². The van der Waals surface area contributed by atoms with Crippen molar-refractivity contribution in [3.63, 3.8) is 0 Å². The number of benzene rings is 1. The van der Waals surface area contributed by atoms with Crippen molar-refractivity contribution in [3.8, 4) is 5.75 Å². The third-order valence-electron chi connectivity index (χ3n) is 5.36. The van der Waals surface area contributed by atoms with Gasteiger partial charge in [0.2, 0.25) is 0 Å². The van der Waals surface area contributed by atoms with E-state index in [1.165, 1.54) is 31.1 Å². The second-order valence-electron chi connectivity index (χ2n) is 8.42. The van der Waals surface area contributed by atoms with Gasteiger partial charge in [-0.05, 0) is 43.6 Å². The Hall–Kier alpha value is -0.890. The van der Waals surface area contributed by atoms with Crippen molar-refractivity contribution in [1.29, 1.82) is 0 Å². The van der Waals surface area contributed by atoms with Crippen LogP contribution < -0.4 is 10.2 Å². The lowest BCUT2D eigenvalue weighted by Crippen LogP contribution is -2.40. The third-order valence-corrected chi connectivity index (χ3v) is 5.36. The maximum atomic E-state index is 6.14. The fourth-order valence-electron chi connectivity index (χ4n) is 2.27. The molecule has 0 fully saturated rings. The van der Waals surface area contributed by atoms with Crippen molar-refractivity contribution in [2.24, 2.45) is 5.92 Å². The molecule has 0 saturated heterocycles. The molecule has 1 rings (SSSR count). The van der Waals surface area contributed by atoms with Crippen LogP contribution >= 0.6 is 0 Å². The second-order valence-corrected chi connectivity index (χ2v) is 8.42. The van der Waals surface area contributed by atoms with Gasteiger partial charge >= 0.3 is 7.48 Å². The number of hydrogen-bond donors (Lipinski definition) is 0. The lowest BCUT2D eigenvalue weighted by Gasteiger charge is -2.39. The fraction of sp³-hybridized carbons (Fsp3) is 0.700. The molecule has 134 valence electrons. The van der Waals surface area contributed by atoms with Crippen LogP contribution in [0.3, 0.4) is 0 Å². The van der Waals surface area contributed by atoms with Crippen LogP contribution in [0.5, 0.6) is 5.75 Å². The highest BCUT2D eigenvalue weighted by atomic mass is 16.5. The van der Waals surface area contributed by atoms with Crippen LogP contribution in [-0.4, -0.2) is 27.5 Å². The van der Waals surface area contributed by atoms with Crippen molar-refractivity contribution >= 4 is 20.8 Å². The standard InChI is InChI=1S/C20H36B2O2/c1-7-9-10-16(8-2)15-23-18-13-11-17(12-14-18)22-24-20(5,6)19(3,4)21/h11-14,16,22H,7-10,15,21H2,1-6H3. The minimum Gasteiger partial charge on any atom is -0.493 e. The molecule has 0 aliphatic rings. The third kappa shape index (κ3) is 6.93. The van der Waals surface area contributed by atoms with Gasteiger partial charge in [-0.1, -0.05) is 64.6 Å². The van der Waals surface area contributed by atoms with Crippen molar-refractivity contribution in [3.05, 3.63) is 24.3 Å². The van der Waals surface area contributed by atoms with Crippen molar-refractivity contribution < 1.29 is 9.39 Å². The zero-order valence-corrected chi connectivity index (χ0v) is 16.9. The van der Waals surface area contributed by atoms with E-state index in [2.05, 4.69) is 73.7 Å². The van der Waals surface area contributed by atoms with E-state index in [-0.39, 0.29) is 10.9 Å². The number of unbranched alkanes of at least 4 members (excludes halogenated alkanes) is 1. The van der Waals surface area contributed by atoms with E-state index >= 15 is 0 Å². The molecular formula is C20H36B2O2. The molecule has 0 spiro atoms. The van der Waals surface area contributed by atoms with E-state index in [0.29, 0.717) is 13.4 Å². The summed E-state index contributed by atoms with van der Waals surface area (Å²) in [4.78, 5) is 0. The first-order valence-electron chi connectivity index (χ1n) is 9.55. The Balaban J connectivity index is 2.48. The number of rotatable bonds is 11. The summed E-state index contributed by atoms with van der Waals surface area (Å²) in [7, 11) is 2.85. The van der Waals surface area contributed by atoms with Crippen LogP contribution in [0.25, 0.3) is 0 Å². The summed E-state index contributed by atoms with van der Waals surface area (Å²) in [6, 6.07) is 8.35. The van der Waals surface area contributed by atoms with E-state index in [0.717, 1.165) is 12.4 Å². The topological polar surface area (TPSA) is 18.5 Å². The molecule has 0 radical (unpaired) electrons. The van der Waals surface area contributed by atoms with E-state index in [1.54, 1.807) is 0 Å².